The molecule has 3 rings (SSSR count). The molecule has 0 aliphatic heterocycles. The van der Waals surface area contributed by atoms with Crippen LogP contribution in [0.4, 0.5) is 26.3 Å². The molecule has 4 nitrogen and oxygen atoms in total. The quantitative estimate of drug-likeness (QED) is 0.174. The number of halogens is 6. The lowest BCUT2D eigenvalue weighted by molar-refractivity contribution is -0.187. The van der Waals surface area contributed by atoms with Crippen LogP contribution < -0.4 is 0 Å². The lowest BCUT2D eigenvalue weighted by Crippen LogP contribution is -2.38. The number of hydrogen-bond donors (Lipinski definition) is 0. The van der Waals surface area contributed by atoms with Crippen molar-refractivity contribution in [2.45, 2.75) is 31.2 Å². The zero-order valence-electron chi connectivity index (χ0n) is 19.8. The normalized spacial score (nSPS) is 13.9. The SMILES string of the molecule is COC(=O)C(C(OC)OCc1cc(C(F)(F)F)cc(C(F)(F)F)c1)C(c1ccccc1)c1ccccc1. The Morgan fingerprint density at radius 1 is 0.757 bits per heavy atom. The minimum absolute atomic E-state index is 0.0371. The van der Waals surface area contributed by atoms with Gasteiger partial charge in [0, 0.05) is 13.0 Å². The maximum atomic E-state index is 13.3. The van der Waals surface area contributed by atoms with Gasteiger partial charge in [-0.2, -0.15) is 26.3 Å². The van der Waals surface area contributed by atoms with E-state index in [1.54, 1.807) is 60.7 Å². The fourth-order valence-electron chi connectivity index (χ4n) is 4.07. The summed E-state index contributed by atoms with van der Waals surface area (Å²) in [6, 6.07) is 18.9. The summed E-state index contributed by atoms with van der Waals surface area (Å²) in [5.74, 6) is -2.54. The van der Waals surface area contributed by atoms with Crippen molar-refractivity contribution in [1.82, 2.24) is 0 Å². The highest BCUT2D eigenvalue weighted by Crippen LogP contribution is 2.38. The maximum Gasteiger partial charge on any atom is 0.416 e. The highest BCUT2D eigenvalue weighted by molar-refractivity contribution is 5.75. The van der Waals surface area contributed by atoms with Gasteiger partial charge in [-0.1, -0.05) is 60.7 Å². The summed E-state index contributed by atoms with van der Waals surface area (Å²) >= 11 is 0. The molecule has 0 N–H and O–H groups in total. The lowest BCUT2D eigenvalue weighted by Gasteiger charge is -2.31. The first-order valence-electron chi connectivity index (χ1n) is 11.1. The average molecular weight is 526 g/mol. The van der Waals surface area contributed by atoms with Crippen LogP contribution in [0.3, 0.4) is 0 Å². The number of carbonyl (C=O) groups is 1. The molecule has 10 heteroatoms. The van der Waals surface area contributed by atoms with Gasteiger partial charge in [-0.25, -0.2) is 0 Å². The van der Waals surface area contributed by atoms with Gasteiger partial charge in [0.1, 0.15) is 5.92 Å². The van der Waals surface area contributed by atoms with Crippen molar-refractivity contribution in [1.29, 1.82) is 0 Å². The van der Waals surface area contributed by atoms with E-state index in [1.165, 1.54) is 7.11 Å². The Balaban J connectivity index is 2.01. The van der Waals surface area contributed by atoms with Gasteiger partial charge in [0.15, 0.2) is 6.29 Å². The van der Waals surface area contributed by atoms with E-state index in [0.29, 0.717) is 23.3 Å². The van der Waals surface area contributed by atoms with Gasteiger partial charge >= 0.3 is 18.3 Å². The van der Waals surface area contributed by atoms with Gasteiger partial charge in [-0.3, -0.25) is 4.79 Å². The molecule has 0 fully saturated rings. The van der Waals surface area contributed by atoms with Gasteiger partial charge in [0.05, 0.1) is 24.8 Å². The minimum atomic E-state index is -5.00. The Bertz CT molecular complexity index is 1090. The van der Waals surface area contributed by atoms with Crippen molar-refractivity contribution in [2.24, 2.45) is 5.92 Å². The number of carbonyl (C=O) groups excluding carboxylic acids is 1. The minimum Gasteiger partial charge on any atom is -0.469 e. The fraction of sp³-hybridized carbons (Fsp3) is 0.296. The summed E-state index contributed by atoms with van der Waals surface area (Å²) in [6.45, 7) is -0.685. The maximum absolute atomic E-state index is 13.3. The summed E-state index contributed by atoms with van der Waals surface area (Å²) < 4.78 is 95.7. The molecule has 0 aromatic heterocycles. The number of benzene rings is 3. The molecular formula is C27H24F6O4. The summed E-state index contributed by atoms with van der Waals surface area (Å²) in [5.41, 5.74) is -1.91. The second-order valence-electron chi connectivity index (χ2n) is 8.18. The molecule has 0 aliphatic carbocycles. The molecule has 0 saturated heterocycles. The van der Waals surface area contributed by atoms with Crippen molar-refractivity contribution >= 4 is 5.97 Å². The smallest absolute Gasteiger partial charge is 0.416 e. The molecule has 2 atom stereocenters. The molecule has 0 aliphatic rings. The number of ether oxygens (including phenoxy) is 3. The van der Waals surface area contributed by atoms with E-state index in [-0.39, 0.29) is 11.6 Å². The summed E-state index contributed by atoms with van der Waals surface area (Å²) in [7, 11) is 2.39. The molecule has 0 radical (unpaired) electrons. The Kier molecular flexibility index (Phi) is 8.98. The van der Waals surface area contributed by atoms with Crippen molar-refractivity contribution < 1.29 is 45.3 Å². The van der Waals surface area contributed by atoms with E-state index in [9.17, 15) is 31.1 Å². The number of hydrogen-bond acceptors (Lipinski definition) is 4. The standard InChI is InChI=1S/C27H24F6O4/c1-35-24(34)23(22(18-9-5-3-6-10-18)19-11-7-4-8-12-19)25(36-2)37-16-17-13-20(26(28,29)30)15-21(14-17)27(31,32)33/h3-15,22-23,25H,16H2,1-2H3. The molecule has 198 valence electrons. The van der Waals surface area contributed by atoms with Crippen LogP contribution in [0.2, 0.25) is 0 Å². The second kappa shape index (κ2) is 11.8. The zero-order valence-corrected chi connectivity index (χ0v) is 19.8. The van der Waals surface area contributed by atoms with Crippen molar-refractivity contribution in [3.63, 3.8) is 0 Å². The first-order chi connectivity index (χ1) is 17.5. The molecule has 2 unspecified atom stereocenters. The summed E-state index contributed by atoms with van der Waals surface area (Å²) in [4.78, 5) is 13.0. The van der Waals surface area contributed by atoms with Gasteiger partial charge < -0.3 is 14.2 Å². The van der Waals surface area contributed by atoms with Crippen LogP contribution >= 0.6 is 0 Å². The Labute approximate surface area is 209 Å². The van der Waals surface area contributed by atoms with Crippen LogP contribution in [-0.2, 0) is 38.0 Å². The van der Waals surface area contributed by atoms with Crippen LogP contribution in [0.15, 0.2) is 78.9 Å². The lowest BCUT2D eigenvalue weighted by atomic mass is 9.80. The molecule has 0 amide bonds. The van der Waals surface area contributed by atoms with Crippen LogP contribution in [0, 0.1) is 5.92 Å². The molecular weight excluding hydrogens is 502 g/mol. The van der Waals surface area contributed by atoms with Crippen LogP contribution in [0.1, 0.15) is 33.7 Å². The van der Waals surface area contributed by atoms with E-state index in [0.717, 1.165) is 7.11 Å². The number of esters is 1. The summed E-state index contributed by atoms with van der Waals surface area (Å²) in [6.07, 6.45) is -11.4. The van der Waals surface area contributed by atoms with Crippen molar-refractivity contribution in [3.8, 4) is 0 Å². The van der Waals surface area contributed by atoms with Gasteiger partial charge in [0.25, 0.3) is 0 Å². The van der Waals surface area contributed by atoms with E-state index in [1.807, 2.05) is 0 Å². The Morgan fingerprint density at radius 2 is 1.22 bits per heavy atom. The first kappa shape index (κ1) is 28.2. The second-order valence-corrected chi connectivity index (χ2v) is 8.18. The predicted molar refractivity (Wildman–Crippen MR) is 122 cm³/mol. The molecule has 0 heterocycles. The largest absolute Gasteiger partial charge is 0.469 e. The third kappa shape index (κ3) is 7.11. The van der Waals surface area contributed by atoms with Gasteiger partial charge in [0.2, 0.25) is 0 Å². The van der Waals surface area contributed by atoms with Crippen LogP contribution in [-0.4, -0.2) is 26.5 Å². The number of rotatable bonds is 9. The van der Waals surface area contributed by atoms with Gasteiger partial charge in [-0.05, 0) is 34.9 Å². The van der Waals surface area contributed by atoms with E-state index in [4.69, 9.17) is 14.2 Å². The molecule has 3 aromatic rings. The highest BCUT2D eigenvalue weighted by Gasteiger charge is 2.40. The third-order valence-electron chi connectivity index (χ3n) is 5.74. The van der Waals surface area contributed by atoms with E-state index >= 15 is 0 Å². The predicted octanol–water partition coefficient (Wildman–Crippen LogP) is 6.83. The van der Waals surface area contributed by atoms with Crippen molar-refractivity contribution in [2.75, 3.05) is 14.2 Å². The number of alkyl halides is 6. The molecule has 3 aromatic carbocycles. The van der Waals surface area contributed by atoms with Crippen molar-refractivity contribution in [3.05, 3.63) is 107 Å². The highest BCUT2D eigenvalue weighted by atomic mass is 19.4. The topological polar surface area (TPSA) is 44.8 Å². The average Bonchev–Trinajstić information content (AvgIpc) is 2.87. The third-order valence-corrected chi connectivity index (χ3v) is 5.74. The summed E-state index contributed by atoms with van der Waals surface area (Å²) in [5, 5.41) is 0. The molecule has 0 spiro atoms. The monoisotopic (exact) mass is 526 g/mol. The van der Waals surface area contributed by atoms with E-state index in [2.05, 4.69) is 0 Å². The van der Waals surface area contributed by atoms with Crippen LogP contribution in [0.25, 0.3) is 0 Å². The first-order valence-corrected chi connectivity index (χ1v) is 11.1. The fourth-order valence-corrected chi connectivity index (χ4v) is 4.07. The zero-order chi connectivity index (χ0) is 27.2. The van der Waals surface area contributed by atoms with Crippen LogP contribution in [0.5, 0.6) is 0 Å². The Morgan fingerprint density at radius 3 is 1.59 bits per heavy atom. The molecule has 37 heavy (non-hydrogen) atoms. The van der Waals surface area contributed by atoms with Gasteiger partial charge in [-0.15, -0.1) is 0 Å². The molecule has 0 bridgehead atoms. The Hall–Kier alpha value is -3.37. The molecule has 0 saturated carbocycles. The number of methoxy groups -OCH3 is 2. The van der Waals surface area contributed by atoms with E-state index < -0.39 is 54.2 Å².